The quantitative estimate of drug-likeness (QED) is 0.741. The summed E-state index contributed by atoms with van der Waals surface area (Å²) in [6.07, 6.45) is 2.40. The molecule has 124 valence electrons. The predicted octanol–water partition coefficient (Wildman–Crippen LogP) is 2.56. The van der Waals surface area contributed by atoms with E-state index in [1.165, 1.54) is 11.6 Å². The molecule has 24 heavy (non-hydrogen) atoms. The lowest BCUT2D eigenvalue weighted by Gasteiger charge is -2.02. The van der Waals surface area contributed by atoms with Gasteiger partial charge >= 0.3 is 0 Å². The summed E-state index contributed by atoms with van der Waals surface area (Å²) in [5.74, 6) is 0.708. The van der Waals surface area contributed by atoms with Crippen molar-refractivity contribution in [2.24, 2.45) is 5.14 Å². The Morgan fingerprint density at radius 1 is 0.958 bits per heavy atom. The van der Waals surface area contributed by atoms with Crippen LogP contribution in [0.3, 0.4) is 0 Å². The minimum Gasteiger partial charge on any atom is -0.339 e. The molecule has 1 aromatic heterocycles. The molecule has 0 radical (unpaired) electrons. The molecule has 0 saturated heterocycles. The van der Waals surface area contributed by atoms with Crippen LogP contribution in [-0.4, -0.2) is 18.6 Å². The van der Waals surface area contributed by atoms with Crippen LogP contribution in [0, 0.1) is 0 Å². The summed E-state index contributed by atoms with van der Waals surface area (Å²) in [7, 11) is -3.85. The average molecular weight is 343 g/mol. The summed E-state index contributed by atoms with van der Waals surface area (Å²) in [5.41, 5.74) is 1.59. The summed E-state index contributed by atoms with van der Waals surface area (Å²) in [5, 5.41) is 9.11. The molecule has 6 nitrogen and oxygen atoms in total. The first-order chi connectivity index (χ1) is 11.5. The van der Waals surface area contributed by atoms with Crippen LogP contribution in [0.1, 0.15) is 17.9 Å². The lowest BCUT2D eigenvalue weighted by molar-refractivity contribution is 0.376. The van der Waals surface area contributed by atoms with Crippen molar-refractivity contribution >= 4 is 10.0 Å². The Balaban J connectivity index is 1.72. The van der Waals surface area contributed by atoms with Gasteiger partial charge in [-0.25, -0.2) is 13.6 Å². The lowest BCUT2D eigenvalue weighted by atomic mass is 10.1. The van der Waals surface area contributed by atoms with Gasteiger partial charge in [0.15, 0.2) is 0 Å². The molecule has 0 spiro atoms. The van der Waals surface area contributed by atoms with E-state index < -0.39 is 10.0 Å². The van der Waals surface area contributed by atoms with Crippen molar-refractivity contribution in [2.75, 3.05) is 0 Å². The molecule has 0 fully saturated rings. The van der Waals surface area contributed by atoms with Crippen molar-refractivity contribution < 1.29 is 12.9 Å². The Morgan fingerprint density at radius 2 is 1.67 bits per heavy atom. The van der Waals surface area contributed by atoms with Crippen molar-refractivity contribution in [1.29, 1.82) is 0 Å². The van der Waals surface area contributed by atoms with Crippen LogP contribution >= 0.6 is 0 Å². The number of nitrogens with two attached hydrogens (primary N) is 1. The molecule has 7 heteroatoms. The van der Waals surface area contributed by atoms with E-state index >= 15 is 0 Å². The number of benzene rings is 2. The summed E-state index contributed by atoms with van der Waals surface area (Å²) >= 11 is 0. The largest absolute Gasteiger partial charge is 0.339 e. The van der Waals surface area contributed by atoms with Gasteiger partial charge in [-0.1, -0.05) is 47.6 Å². The first-order valence-corrected chi connectivity index (χ1v) is 9.07. The first-order valence-electron chi connectivity index (χ1n) is 7.53. The van der Waals surface area contributed by atoms with E-state index in [1.807, 2.05) is 18.2 Å². The summed E-state index contributed by atoms with van der Waals surface area (Å²) in [6.45, 7) is 0. The van der Waals surface area contributed by atoms with Crippen LogP contribution in [-0.2, 0) is 22.9 Å². The Morgan fingerprint density at radius 3 is 2.42 bits per heavy atom. The van der Waals surface area contributed by atoms with Crippen LogP contribution in [0.25, 0.3) is 11.4 Å². The minimum atomic E-state index is -3.85. The van der Waals surface area contributed by atoms with Crippen LogP contribution in [0.4, 0.5) is 0 Å². The van der Waals surface area contributed by atoms with Gasteiger partial charge in [0.25, 0.3) is 0 Å². The zero-order valence-corrected chi connectivity index (χ0v) is 13.7. The third-order valence-electron chi connectivity index (χ3n) is 3.60. The Kier molecular flexibility index (Phi) is 4.73. The number of hydrogen-bond donors (Lipinski definition) is 1. The van der Waals surface area contributed by atoms with Crippen LogP contribution < -0.4 is 5.14 Å². The monoisotopic (exact) mass is 343 g/mol. The maximum atomic E-state index is 11.7. The van der Waals surface area contributed by atoms with E-state index in [4.69, 9.17) is 9.66 Å². The van der Waals surface area contributed by atoms with E-state index in [-0.39, 0.29) is 10.7 Å². The van der Waals surface area contributed by atoms with Gasteiger partial charge in [0.1, 0.15) is 0 Å². The summed E-state index contributed by atoms with van der Waals surface area (Å²) < 4.78 is 28.5. The SMILES string of the molecule is NS(=O)(=O)c1ccccc1-c1noc(CCCc2ccccc2)n1. The maximum absolute atomic E-state index is 11.7. The number of nitrogens with zero attached hydrogens (tertiary/aromatic N) is 2. The highest BCUT2D eigenvalue weighted by Gasteiger charge is 2.18. The van der Waals surface area contributed by atoms with Gasteiger partial charge in [0, 0.05) is 12.0 Å². The molecule has 0 bridgehead atoms. The number of rotatable bonds is 6. The fourth-order valence-electron chi connectivity index (χ4n) is 2.45. The molecule has 2 N–H and O–H groups in total. The van der Waals surface area contributed by atoms with E-state index in [9.17, 15) is 8.42 Å². The molecule has 1 heterocycles. The topological polar surface area (TPSA) is 99.1 Å². The normalized spacial score (nSPS) is 11.5. The molecule has 0 saturated carbocycles. The standard InChI is InChI=1S/C17H17N3O3S/c18-24(21,22)15-11-5-4-10-14(15)17-19-16(23-20-17)12-6-9-13-7-2-1-3-8-13/h1-5,7-8,10-11H,6,9,12H2,(H2,18,21,22). The molecule has 3 rings (SSSR count). The van der Waals surface area contributed by atoms with Gasteiger partial charge in [-0.3, -0.25) is 0 Å². The number of sulfonamides is 1. The smallest absolute Gasteiger partial charge is 0.238 e. The van der Waals surface area contributed by atoms with Crippen LogP contribution in [0.2, 0.25) is 0 Å². The zero-order chi connectivity index (χ0) is 17.0. The second-order valence-corrected chi connectivity index (χ2v) is 6.92. The highest BCUT2D eigenvalue weighted by molar-refractivity contribution is 7.89. The maximum Gasteiger partial charge on any atom is 0.238 e. The van der Waals surface area contributed by atoms with Gasteiger partial charge < -0.3 is 4.52 Å². The molecular weight excluding hydrogens is 326 g/mol. The highest BCUT2D eigenvalue weighted by atomic mass is 32.2. The minimum absolute atomic E-state index is 0.0124. The van der Waals surface area contributed by atoms with Crippen LogP contribution in [0.5, 0.6) is 0 Å². The van der Waals surface area contributed by atoms with Gasteiger partial charge in [-0.2, -0.15) is 4.98 Å². The number of hydrogen-bond acceptors (Lipinski definition) is 5. The molecule has 0 atom stereocenters. The molecule has 0 aliphatic rings. The third-order valence-corrected chi connectivity index (χ3v) is 4.57. The van der Waals surface area contributed by atoms with E-state index in [0.29, 0.717) is 17.9 Å². The highest BCUT2D eigenvalue weighted by Crippen LogP contribution is 2.24. The van der Waals surface area contributed by atoms with Crippen molar-refractivity contribution in [1.82, 2.24) is 10.1 Å². The van der Waals surface area contributed by atoms with Crippen molar-refractivity contribution in [2.45, 2.75) is 24.2 Å². The number of primary sulfonamides is 1. The Bertz CT molecular complexity index is 921. The van der Waals surface area contributed by atoms with Crippen molar-refractivity contribution in [3.63, 3.8) is 0 Å². The number of aromatic nitrogens is 2. The Hall–Kier alpha value is -2.51. The Labute approximate surface area is 140 Å². The van der Waals surface area contributed by atoms with Gasteiger partial charge in [-0.05, 0) is 30.5 Å². The molecule has 2 aromatic carbocycles. The zero-order valence-electron chi connectivity index (χ0n) is 12.9. The average Bonchev–Trinajstić information content (AvgIpc) is 3.04. The third kappa shape index (κ3) is 3.87. The van der Waals surface area contributed by atoms with E-state index in [0.717, 1.165) is 12.8 Å². The molecule has 0 amide bonds. The lowest BCUT2D eigenvalue weighted by Crippen LogP contribution is -2.13. The molecule has 0 unspecified atom stereocenters. The molecule has 0 aliphatic carbocycles. The van der Waals surface area contributed by atoms with E-state index in [2.05, 4.69) is 22.3 Å². The summed E-state index contributed by atoms with van der Waals surface area (Å²) in [6, 6.07) is 16.5. The molecular formula is C17H17N3O3S. The van der Waals surface area contributed by atoms with Gasteiger partial charge in [0.2, 0.25) is 21.7 Å². The first kappa shape index (κ1) is 16.4. The second-order valence-electron chi connectivity index (χ2n) is 5.39. The second kappa shape index (κ2) is 6.94. The van der Waals surface area contributed by atoms with Crippen molar-refractivity contribution in [3.05, 3.63) is 66.1 Å². The van der Waals surface area contributed by atoms with Crippen LogP contribution in [0.15, 0.2) is 64.0 Å². The molecule has 0 aliphatic heterocycles. The fraction of sp³-hybridized carbons (Fsp3) is 0.176. The predicted molar refractivity (Wildman–Crippen MR) is 89.6 cm³/mol. The van der Waals surface area contributed by atoms with Gasteiger partial charge in [0.05, 0.1) is 4.90 Å². The van der Waals surface area contributed by atoms with Crippen molar-refractivity contribution in [3.8, 4) is 11.4 Å². The fourth-order valence-corrected chi connectivity index (χ4v) is 3.19. The number of aryl methyl sites for hydroxylation is 2. The summed E-state index contributed by atoms with van der Waals surface area (Å²) in [4.78, 5) is 4.28. The molecule has 3 aromatic rings. The van der Waals surface area contributed by atoms with E-state index in [1.54, 1.807) is 18.2 Å². The van der Waals surface area contributed by atoms with Gasteiger partial charge in [-0.15, -0.1) is 0 Å².